The molecule has 1 aliphatic heterocycles. The highest BCUT2D eigenvalue weighted by Gasteiger charge is 2.22. The summed E-state index contributed by atoms with van der Waals surface area (Å²) in [5.41, 5.74) is 6.08. The zero-order valence-corrected chi connectivity index (χ0v) is 16.5. The van der Waals surface area contributed by atoms with Crippen molar-refractivity contribution in [2.75, 3.05) is 31.1 Å². The van der Waals surface area contributed by atoms with Crippen molar-refractivity contribution in [3.8, 4) is 0 Å². The summed E-state index contributed by atoms with van der Waals surface area (Å²) in [6.45, 7) is 6.50. The van der Waals surface area contributed by atoms with Crippen LogP contribution in [0.4, 0.5) is 5.69 Å². The van der Waals surface area contributed by atoms with Gasteiger partial charge >= 0.3 is 0 Å². The quantitative estimate of drug-likeness (QED) is 0.809. The normalized spacial score (nSPS) is 14.3. The number of nitrogens with two attached hydrogens (primary N) is 1. The fraction of sp³-hybridized carbons (Fsp3) is 0.500. The molecule has 28 heavy (non-hydrogen) atoms. The number of fused-ring (bicyclic) bond motifs is 1. The standard InChI is InChI=1S/C20H27N5O3/c1-3-23(4-2)17(26)13-25-19-14(12-15(18(21)27)20(25)28)16(8-9-22-19)24-10-6-5-7-11-24/h8-9,12H,3-7,10-11,13H2,1-2H3,(H2,21,27). The van der Waals surface area contributed by atoms with Crippen LogP contribution in [-0.2, 0) is 11.3 Å². The molecule has 3 rings (SSSR count). The zero-order chi connectivity index (χ0) is 20.3. The fourth-order valence-electron chi connectivity index (χ4n) is 3.80. The third-order valence-electron chi connectivity index (χ3n) is 5.34. The average Bonchev–Trinajstić information content (AvgIpc) is 2.70. The highest BCUT2D eigenvalue weighted by molar-refractivity contribution is 5.99. The summed E-state index contributed by atoms with van der Waals surface area (Å²) in [4.78, 5) is 45.7. The van der Waals surface area contributed by atoms with Gasteiger partial charge in [-0.05, 0) is 45.2 Å². The van der Waals surface area contributed by atoms with Crippen LogP contribution in [0.1, 0.15) is 43.5 Å². The molecular formula is C20H27N5O3. The van der Waals surface area contributed by atoms with E-state index in [1.807, 2.05) is 19.9 Å². The topological polar surface area (TPSA) is 102 Å². The lowest BCUT2D eigenvalue weighted by molar-refractivity contribution is -0.131. The van der Waals surface area contributed by atoms with Crippen LogP contribution in [-0.4, -0.2) is 52.4 Å². The van der Waals surface area contributed by atoms with E-state index in [4.69, 9.17) is 5.73 Å². The highest BCUT2D eigenvalue weighted by Crippen LogP contribution is 2.27. The van der Waals surface area contributed by atoms with Crippen LogP contribution in [0.3, 0.4) is 0 Å². The summed E-state index contributed by atoms with van der Waals surface area (Å²) in [5.74, 6) is -0.996. The minimum Gasteiger partial charge on any atom is -0.371 e. The van der Waals surface area contributed by atoms with Crippen LogP contribution in [0.25, 0.3) is 11.0 Å². The summed E-state index contributed by atoms with van der Waals surface area (Å²) in [6.07, 6.45) is 5.02. The summed E-state index contributed by atoms with van der Waals surface area (Å²) < 4.78 is 1.28. The number of likely N-dealkylation sites (N-methyl/N-ethyl adjacent to an activating group) is 1. The van der Waals surface area contributed by atoms with E-state index in [2.05, 4.69) is 9.88 Å². The van der Waals surface area contributed by atoms with Gasteiger partial charge in [-0.15, -0.1) is 0 Å². The molecule has 0 spiro atoms. The maximum Gasteiger partial charge on any atom is 0.265 e. The van der Waals surface area contributed by atoms with Crippen molar-refractivity contribution < 1.29 is 9.59 Å². The Kier molecular flexibility index (Phi) is 5.96. The van der Waals surface area contributed by atoms with Crippen LogP contribution < -0.4 is 16.2 Å². The molecule has 2 amide bonds. The van der Waals surface area contributed by atoms with Crippen molar-refractivity contribution in [2.24, 2.45) is 5.73 Å². The molecule has 2 aromatic heterocycles. The molecular weight excluding hydrogens is 358 g/mol. The number of nitrogens with zero attached hydrogens (tertiary/aromatic N) is 4. The van der Waals surface area contributed by atoms with E-state index in [9.17, 15) is 14.4 Å². The summed E-state index contributed by atoms with van der Waals surface area (Å²) in [7, 11) is 0. The molecule has 8 nitrogen and oxygen atoms in total. The Labute approximate surface area is 163 Å². The Morgan fingerprint density at radius 3 is 2.46 bits per heavy atom. The number of piperidine rings is 1. The summed E-state index contributed by atoms with van der Waals surface area (Å²) in [6, 6.07) is 3.41. The smallest absolute Gasteiger partial charge is 0.265 e. The van der Waals surface area contributed by atoms with Crippen molar-refractivity contribution >= 4 is 28.5 Å². The van der Waals surface area contributed by atoms with E-state index < -0.39 is 11.5 Å². The molecule has 1 saturated heterocycles. The van der Waals surface area contributed by atoms with Gasteiger partial charge in [-0.2, -0.15) is 0 Å². The van der Waals surface area contributed by atoms with Gasteiger partial charge in [0, 0.05) is 43.4 Å². The Morgan fingerprint density at radius 1 is 1.18 bits per heavy atom. The number of anilines is 1. The van der Waals surface area contributed by atoms with Gasteiger partial charge in [0.15, 0.2) is 0 Å². The SMILES string of the molecule is CCN(CC)C(=O)Cn1c(=O)c(C(N)=O)cc2c(N3CCCCC3)ccnc21. The summed E-state index contributed by atoms with van der Waals surface area (Å²) in [5, 5.41) is 0.671. The van der Waals surface area contributed by atoms with Gasteiger partial charge in [0.1, 0.15) is 17.8 Å². The van der Waals surface area contributed by atoms with E-state index in [-0.39, 0.29) is 18.0 Å². The van der Waals surface area contributed by atoms with E-state index in [1.54, 1.807) is 11.1 Å². The Hall–Kier alpha value is -2.90. The fourth-order valence-corrected chi connectivity index (χ4v) is 3.80. The molecule has 0 bridgehead atoms. The van der Waals surface area contributed by atoms with Crippen LogP contribution in [0.2, 0.25) is 0 Å². The second-order valence-electron chi connectivity index (χ2n) is 6.99. The number of aromatic nitrogens is 2. The third-order valence-corrected chi connectivity index (χ3v) is 5.34. The highest BCUT2D eigenvalue weighted by atomic mass is 16.2. The first-order valence-corrected chi connectivity index (χ1v) is 9.83. The zero-order valence-electron chi connectivity index (χ0n) is 16.5. The number of amides is 2. The lowest BCUT2D eigenvalue weighted by Gasteiger charge is -2.30. The van der Waals surface area contributed by atoms with Crippen LogP contribution in [0.5, 0.6) is 0 Å². The first-order valence-electron chi connectivity index (χ1n) is 9.83. The second-order valence-corrected chi connectivity index (χ2v) is 6.99. The van der Waals surface area contributed by atoms with E-state index in [0.29, 0.717) is 24.1 Å². The Bertz CT molecular complexity index is 943. The van der Waals surface area contributed by atoms with Crippen molar-refractivity contribution in [2.45, 2.75) is 39.7 Å². The van der Waals surface area contributed by atoms with Gasteiger partial charge in [-0.3, -0.25) is 19.0 Å². The number of pyridine rings is 2. The number of carbonyl (C=O) groups excluding carboxylic acids is 2. The molecule has 1 fully saturated rings. The van der Waals surface area contributed by atoms with Crippen LogP contribution >= 0.6 is 0 Å². The van der Waals surface area contributed by atoms with Crippen molar-refractivity contribution in [3.63, 3.8) is 0 Å². The molecule has 0 atom stereocenters. The largest absolute Gasteiger partial charge is 0.371 e. The minimum absolute atomic E-state index is 0.119. The third kappa shape index (κ3) is 3.72. The lowest BCUT2D eigenvalue weighted by atomic mass is 10.1. The lowest BCUT2D eigenvalue weighted by Crippen LogP contribution is -2.38. The molecule has 8 heteroatoms. The number of carbonyl (C=O) groups is 2. The van der Waals surface area contributed by atoms with Gasteiger partial charge in [0.25, 0.3) is 11.5 Å². The predicted octanol–water partition coefficient (Wildman–Crippen LogP) is 1.35. The van der Waals surface area contributed by atoms with Crippen molar-refractivity contribution in [1.29, 1.82) is 0 Å². The number of hydrogen-bond acceptors (Lipinski definition) is 5. The Morgan fingerprint density at radius 2 is 1.86 bits per heavy atom. The molecule has 150 valence electrons. The van der Waals surface area contributed by atoms with Crippen molar-refractivity contribution in [1.82, 2.24) is 14.5 Å². The molecule has 0 aliphatic carbocycles. The van der Waals surface area contributed by atoms with E-state index >= 15 is 0 Å². The maximum atomic E-state index is 12.9. The summed E-state index contributed by atoms with van der Waals surface area (Å²) >= 11 is 0. The van der Waals surface area contributed by atoms with Gasteiger partial charge in [0.2, 0.25) is 5.91 Å². The number of hydrogen-bond donors (Lipinski definition) is 1. The predicted molar refractivity (Wildman–Crippen MR) is 109 cm³/mol. The number of rotatable bonds is 6. The Balaban J connectivity index is 2.18. The van der Waals surface area contributed by atoms with Gasteiger partial charge in [0.05, 0.1) is 0 Å². The second kappa shape index (κ2) is 8.41. The molecule has 0 radical (unpaired) electrons. The maximum absolute atomic E-state index is 12.9. The van der Waals surface area contributed by atoms with Gasteiger partial charge < -0.3 is 15.5 Å². The minimum atomic E-state index is -0.801. The first-order chi connectivity index (χ1) is 13.5. The molecule has 2 aromatic rings. The molecule has 0 aromatic carbocycles. The molecule has 0 unspecified atom stereocenters. The molecule has 0 saturated carbocycles. The first kappa shape index (κ1) is 19.9. The average molecular weight is 385 g/mol. The van der Waals surface area contributed by atoms with Crippen LogP contribution in [0, 0.1) is 0 Å². The van der Waals surface area contributed by atoms with E-state index in [0.717, 1.165) is 31.6 Å². The monoisotopic (exact) mass is 385 g/mol. The van der Waals surface area contributed by atoms with Gasteiger partial charge in [-0.1, -0.05) is 0 Å². The van der Waals surface area contributed by atoms with Crippen molar-refractivity contribution in [3.05, 3.63) is 34.2 Å². The molecule has 1 aliphatic rings. The molecule has 3 heterocycles. The number of primary amides is 1. The van der Waals surface area contributed by atoms with Gasteiger partial charge in [-0.25, -0.2) is 4.98 Å². The van der Waals surface area contributed by atoms with E-state index in [1.165, 1.54) is 17.1 Å². The molecule has 2 N–H and O–H groups in total. The van der Waals surface area contributed by atoms with Crippen LogP contribution in [0.15, 0.2) is 23.1 Å².